The second-order valence-corrected chi connectivity index (χ2v) is 12.3. The number of phenolic OH excluding ortho intramolecular Hbond substituents is 1. The molecule has 3 aromatic carbocycles. The number of Topliss-reactive ketones (excluding diaryl/α,β-unsaturated/α-hetero) is 1. The van der Waals surface area contributed by atoms with Crippen molar-refractivity contribution in [2.75, 3.05) is 6.54 Å². The molecular weight excluding hydrogens is 562 g/mol. The Morgan fingerprint density at radius 1 is 0.907 bits per heavy atom. The van der Waals surface area contributed by atoms with Gasteiger partial charge in [0.05, 0.1) is 17.3 Å². The highest BCUT2D eigenvalue weighted by molar-refractivity contribution is 6.33. The monoisotopic (exact) mass is 591 g/mol. The molecule has 7 rings (SSSR count). The molecule has 1 saturated heterocycles. The maximum atomic E-state index is 14.9. The fraction of sp³-hybridized carbons (Fsp3) is 0.278. The van der Waals surface area contributed by atoms with Crippen LogP contribution in [-0.2, 0) is 24.6 Å². The summed E-state index contributed by atoms with van der Waals surface area (Å²) in [6.45, 7) is 2.08. The maximum Gasteiger partial charge on any atom is 0.233 e. The number of fused-ring (bicyclic) bond motifs is 4. The van der Waals surface area contributed by atoms with Crippen molar-refractivity contribution >= 4 is 40.6 Å². The van der Waals surface area contributed by atoms with Crippen molar-refractivity contribution < 1.29 is 24.3 Å². The summed E-state index contributed by atoms with van der Waals surface area (Å²) >= 11 is 6.86. The third kappa shape index (κ3) is 3.85. The number of ketones is 2. The molecule has 0 bridgehead atoms. The van der Waals surface area contributed by atoms with E-state index in [0.29, 0.717) is 28.7 Å². The Labute approximate surface area is 254 Å². The van der Waals surface area contributed by atoms with Crippen LogP contribution in [0.15, 0.2) is 96.6 Å². The van der Waals surface area contributed by atoms with Gasteiger partial charge in [0.25, 0.3) is 0 Å². The molecule has 1 saturated carbocycles. The van der Waals surface area contributed by atoms with Crippen molar-refractivity contribution in [3.63, 3.8) is 0 Å². The third-order valence-electron chi connectivity index (χ3n) is 10.1. The van der Waals surface area contributed by atoms with Gasteiger partial charge in [-0.3, -0.25) is 24.1 Å². The van der Waals surface area contributed by atoms with E-state index in [1.165, 1.54) is 23.1 Å². The molecule has 0 spiro atoms. The molecule has 1 heterocycles. The SMILES string of the molecule is CCN1C(=O)[C@H]2[C@H](CC=C3[C@H]2C[C@H]2C(=O)C(c4ccccc4)=CC(=O)[C@@]2(c2ccccc2)[C@H]3c2ccc(O)cc2Cl)C1=O. The Morgan fingerprint density at radius 3 is 2.28 bits per heavy atom. The van der Waals surface area contributed by atoms with E-state index in [4.69, 9.17) is 11.6 Å². The van der Waals surface area contributed by atoms with Crippen molar-refractivity contribution in [2.24, 2.45) is 23.7 Å². The highest BCUT2D eigenvalue weighted by Gasteiger charge is 2.66. The summed E-state index contributed by atoms with van der Waals surface area (Å²) in [5.41, 5.74) is 1.81. The molecule has 6 atom stereocenters. The highest BCUT2D eigenvalue weighted by atomic mass is 35.5. The minimum atomic E-state index is -1.34. The van der Waals surface area contributed by atoms with E-state index in [1.807, 2.05) is 66.7 Å². The van der Waals surface area contributed by atoms with Crippen LogP contribution in [0.25, 0.3) is 5.57 Å². The van der Waals surface area contributed by atoms with Gasteiger partial charge in [0.2, 0.25) is 11.8 Å². The smallest absolute Gasteiger partial charge is 0.233 e. The first kappa shape index (κ1) is 27.5. The first-order chi connectivity index (χ1) is 20.8. The second-order valence-electron chi connectivity index (χ2n) is 11.9. The van der Waals surface area contributed by atoms with E-state index in [9.17, 15) is 24.3 Å². The lowest BCUT2D eigenvalue weighted by Crippen LogP contribution is -2.58. The maximum absolute atomic E-state index is 14.9. The van der Waals surface area contributed by atoms with Gasteiger partial charge in [0, 0.05) is 29.0 Å². The number of allylic oxidation sites excluding steroid dienone is 4. The van der Waals surface area contributed by atoms with Gasteiger partial charge in [-0.15, -0.1) is 0 Å². The lowest BCUT2D eigenvalue weighted by Gasteiger charge is -2.55. The van der Waals surface area contributed by atoms with Crippen molar-refractivity contribution in [1.82, 2.24) is 4.90 Å². The predicted octanol–water partition coefficient (Wildman–Crippen LogP) is 5.89. The summed E-state index contributed by atoms with van der Waals surface area (Å²) in [5, 5.41) is 10.5. The Morgan fingerprint density at radius 2 is 1.60 bits per heavy atom. The van der Waals surface area contributed by atoms with E-state index in [0.717, 1.165) is 5.57 Å². The zero-order chi connectivity index (χ0) is 30.0. The van der Waals surface area contributed by atoms with Gasteiger partial charge >= 0.3 is 0 Å². The molecule has 4 aliphatic rings. The first-order valence-electron chi connectivity index (χ1n) is 14.7. The van der Waals surface area contributed by atoms with Gasteiger partial charge in [-0.1, -0.05) is 90.0 Å². The lowest BCUT2D eigenvalue weighted by molar-refractivity contribution is -0.140. The number of amides is 2. The van der Waals surface area contributed by atoms with Gasteiger partial charge in [-0.05, 0) is 60.6 Å². The van der Waals surface area contributed by atoms with Crippen LogP contribution >= 0.6 is 11.6 Å². The number of carbonyl (C=O) groups is 4. The summed E-state index contributed by atoms with van der Waals surface area (Å²) in [7, 11) is 0. The second kappa shape index (κ2) is 10.2. The van der Waals surface area contributed by atoms with Crippen molar-refractivity contribution in [3.8, 4) is 5.75 Å². The first-order valence-corrected chi connectivity index (χ1v) is 15.1. The lowest BCUT2D eigenvalue weighted by atomic mass is 9.44. The fourth-order valence-corrected chi connectivity index (χ4v) is 8.63. The van der Waals surface area contributed by atoms with E-state index in [1.54, 1.807) is 13.0 Å². The van der Waals surface area contributed by atoms with Gasteiger partial charge in [0.15, 0.2) is 11.6 Å². The number of halogens is 1. The molecule has 7 heteroatoms. The van der Waals surface area contributed by atoms with Gasteiger partial charge < -0.3 is 5.11 Å². The molecule has 1 N–H and O–H groups in total. The molecule has 2 fully saturated rings. The van der Waals surface area contributed by atoms with Crippen LogP contribution in [0, 0.1) is 23.7 Å². The number of aromatic hydroxyl groups is 1. The molecule has 0 aromatic heterocycles. The molecular formula is C36H30ClNO5. The number of likely N-dealkylation sites (tertiary alicyclic amines) is 1. The van der Waals surface area contributed by atoms with Gasteiger partial charge in [0.1, 0.15) is 5.75 Å². The van der Waals surface area contributed by atoms with Crippen molar-refractivity contribution in [3.05, 3.63) is 118 Å². The number of rotatable bonds is 4. The van der Waals surface area contributed by atoms with Crippen LogP contribution in [0.3, 0.4) is 0 Å². The van der Waals surface area contributed by atoms with Gasteiger partial charge in [-0.2, -0.15) is 0 Å². The molecule has 3 aromatic rings. The number of phenols is 1. The van der Waals surface area contributed by atoms with Crippen LogP contribution in [0.2, 0.25) is 5.02 Å². The minimum absolute atomic E-state index is 0.0171. The Balaban J connectivity index is 1.53. The third-order valence-corrected chi connectivity index (χ3v) is 10.4. The molecule has 0 radical (unpaired) electrons. The number of nitrogens with zero attached hydrogens (tertiary/aromatic N) is 1. The van der Waals surface area contributed by atoms with Crippen molar-refractivity contribution in [1.29, 1.82) is 0 Å². The van der Waals surface area contributed by atoms with E-state index >= 15 is 0 Å². The Kier molecular flexibility index (Phi) is 6.51. The summed E-state index contributed by atoms with van der Waals surface area (Å²) in [4.78, 5) is 58.1. The van der Waals surface area contributed by atoms with Crippen LogP contribution in [0.5, 0.6) is 5.75 Å². The standard InChI is InChI=1S/C36H30ClNO5/c1-2-38-34(42)25-16-15-23-27(31(25)35(38)43)18-28-33(41)26(20-9-5-3-6-10-20)19-30(40)36(28,21-11-7-4-8-12-21)32(23)24-14-13-22(39)17-29(24)37/h3-15,17,19,25,27-28,31-32,39H,2,16,18H2,1H3/t25-,27+,28-,31-,32+,36-/m0/s1. The Bertz CT molecular complexity index is 1750. The van der Waals surface area contributed by atoms with E-state index in [2.05, 4.69) is 0 Å². The van der Waals surface area contributed by atoms with Crippen LogP contribution in [-0.4, -0.2) is 39.9 Å². The zero-order valence-electron chi connectivity index (χ0n) is 23.6. The molecule has 43 heavy (non-hydrogen) atoms. The molecule has 216 valence electrons. The highest BCUT2D eigenvalue weighted by Crippen LogP contribution is 2.64. The van der Waals surface area contributed by atoms with Crippen molar-refractivity contribution in [2.45, 2.75) is 31.1 Å². The summed E-state index contributed by atoms with van der Waals surface area (Å²) in [5.74, 6) is -3.86. The molecule has 2 amide bonds. The fourth-order valence-electron chi connectivity index (χ4n) is 8.35. The quantitative estimate of drug-likeness (QED) is 0.302. The summed E-state index contributed by atoms with van der Waals surface area (Å²) in [6, 6.07) is 23.2. The minimum Gasteiger partial charge on any atom is -0.508 e. The molecule has 6 nitrogen and oxygen atoms in total. The number of benzene rings is 3. The largest absolute Gasteiger partial charge is 0.508 e. The Hall–Kier alpha value is -4.29. The van der Waals surface area contributed by atoms with E-state index < -0.39 is 35.0 Å². The summed E-state index contributed by atoms with van der Waals surface area (Å²) < 4.78 is 0. The molecule has 0 unspecified atom stereocenters. The van der Waals surface area contributed by atoms with Gasteiger partial charge in [-0.25, -0.2) is 0 Å². The number of imide groups is 1. The topological polar surface area (TPSA) is 91.8 Å². The average molecular weight is 592 g/mol. The van der Waals surface area contributed by atoms with Crippen LogP contribution in [0.1, 0.15) is 42.4 Å². The molecule has 1 aliphatic heterocycles. The average Bonchev–Trinajstić information content (AvgIpc) is 3.27. The number of hydrogen-bond acceptors (Lipinski definition) is 5. The van der Waals surface area contributed by atoms with E-state index in [-0.39, 0.29) is 47.1 Å². The number of hydrogen-bond donors (Lipinski definition) is 1. The number of carbonyl (C=O) groups excluding carboxylic acids is 4. The summed E-state index contributed by atoms with van der Waals surface area (Å²) in [6.07, 6.45) is 4.11. The van der Waals surface area contributed by atoms with Crippen LogP contribution < -0.4 is 0 Å². The van der Waals surface area contributed by atoms with Crippen LogP contribution in [0.4, 0.5) is 0 Å². The predicted molar refractivity (Wildman–Crippen MR) is 162 cm³/mol. The normalized spacial score (nSPS) is 29.9. The zero-order valence-corrected chi connectivity index (χ0v) is 24.3. The molecule has 3 aliphatic carbocycles.